The number of rotatable bonds is 5. The van der Waals surface area contributed by atoms with Crippen LogP contribution in [0.2, 0.25) is 0 Å². The lowest BCUT2D eigenvalue weighted by Gasteiger charge is -2.10. The molecule has 0 unspecified atom stereocenters. The third kappa shape index (κ3) is 2.42. The van der Waals surface area contributed by atoms with Crippen LogP contribution < -0.4 is 11.1 Å². The van der Waals surface area contributed by atoms with Crippen LogP contribution >= 0.6 is 0 Å². The van der Waals surface area contributed by atoms with Gasteiger partial charge >= 0.3 is 0 Å². The topological polar surface area (TPSA) is 76.1 Å². The minimum atomic E-state index is 0.256. The number of aromatic hydroxyl groups is 1. The molecule has 5 nitrogen and oxygen atoms in total. The Labute approximate surface area is 112 Å². The van der Waals surface area contributed by atoms with Gasteiger partial charge in [0.25, 0.3) is 0 Å². The molecule has 1 aromatic carbocycles. The zero-order chi connectivity index (χ0) is 13.2. The molecule has 19 heavy (non-hydrogen) atoms. The number of benzene rings is 1. The van der Waals surface area contributed by atoms with Crippen molar-refractivity contribution >= 4 is 5.69 Å². The summed E-state index contributed by atoms with van der Waals surface area (Å²) in [5.41, 5.74) is 8.67. The van der Waals surface area contributed by atoms with E-state index in [4.69, 9.17) is 5.73 Å². The van der Waals surface area contributed by atoms with E-state index in [1.165, 1.54) is 18.5 Å². The first-order valence-corrected chi connectivity index (χ1v) is 6.61. The molecule has 0 radical (unpaired) electrons. The molecule has 5 heteroatoms. The second-order valence-corrected chi connectivity index (χ2v) is 4.86. The van der Waals surface area contributed by atoms with Crippen LogP contribution in [0.1, 0.15) is 24.5 Å². The van der Waals surface area contributed by atoms with Crippen molar-refractivity contribution in [1.29, 1.82) is 0 Å². The average Bonchev–Trinajstić information content (AvgIpc) is 3.16. The maximum atomic E-state index is 9.59. The third-order valence-corrected chi connectivity index (χ3v) is 3.30. The minimum Gasteiger partial charge on any atom is -0.508 e. The van der Waals surface area contributed by atoms with Crippen molar-refractivity contribution in [3.63, 3.8) is 0 Å². The Bertz CT molecular complexity index is 575. The van der Waals surface area contributed by atoms with E-state index in [-0.39, 0.29) is 5.75 Å². The van der Waals surface area contributed by atoms with Gasteiger partial charge in [-0.1, -0.05) is 6.07 Å². The normalized spacial score (nSPS) is 14.6. The third-order valence-electron chi connectivity index (χ3n) is 3.30. The summed E-state index contributed by atoms with van der Waals surface area (Å²) in [6, 6.07) is 7.17. The van der Waals surface area contributed by atoms with Crippen LogP contribution in [0.4, 0.5) is 5.69 Å². The molecule has 0 atom stereocenters. The number of anilines is 1. The highest BCUT2D eigenvalue weighted by molar-refractivity contribution is 5.53. The second-order valence-electron chi connectivity index (χ2n) is 4.86. The van der Waals surface area contributed by atoms with E-state index in [1.54, 1.807) is 12.1 Å². The smallest absolute Gasteiger partial charge is 0.117 e. The van der Waals surface area contributed by atoms with Crippen molar-refractivity contribution in [1.82, 2.24) is 9.78 Å². The first-order chi connectivity index (χ1) is 9.29. The number of phenolic OH excluding ortho intramolecular Hbond substituents is 1. The Morgan fingerprint density at radius 1 is 1.42 bits per heavy atom. The highest BCUT2D eigenvalue weighted by Gasteiger charge is 2.30. The van der Waals surface area contributed by atoms with Gasteiger partial charge in [0.2, 0.25) is 0 Å². The standard InChI is InChI=1S/C14H18N4O/c15-6-7-16-13-9-17-18(14(13)10-4-5-10)11-2-1-3-12(19)8-11/h1-3,8-10,16,19H,4-7,15H2. The molecular weight excluding hydrogens is 240 g/mol. The highest BCUT2D eigenvalue weighted by Crippen LogP contribution is 2.44. The van der Waals surface area contributed by atoms with Crippen LogP contribution in [0.15, 0.2) is 30.5 Å². The molecule has 0 spiro atoms. The van der Waals surface area contributed by atoms with Crippen LogP contribution in [-0.2, 0) is 0 Å². The Morgan fingerprint density at radius 3 is 2.95 bits per heavy atom. The fourth-order valence-electron chi connectivity index (χ4n) is 2.28. The molecule has 3 rings (SSSR count). The van der Waals surface area contributed by atoms with Gasteiger partial charge in [-0.05, 0) is 25.0 Å². The Kier molecular flexibility index (Phi) is 3.13. The van der Waals surface area contributed by atoms with Gasteiger partial charge in [0.15, 0.2) is 0 Å². The zero-order valence-electron chi connectivity index (χ0n) is 10.7. The summed E-state index contributed by atoms with van der Waals surface area (Å²) in [5, 5.41) is 17.4. The number of nitrogens with zero attached hydrogens (tertiary/aromatic N) is 2. The highest BCUT2D eigenvalue weighted by atomic mass is 16.3. The largest absolute Gasteiger partial charge is 0.508 e. The number of hydrogen-bond acceptors (Lipinski definition) is 4. The van der Waals surface area contributed by atoms with Gasteiger partial charge in [-0.2, -0.15) is 5.10 Å². The van der Waals surface area contributed by atoms with Gasteiger partial charge in [0.05, 0.1) is 23.3 Å². The lowest BCUT2D eigenvalue weighted by molar-refractivity contribution is 0.474. The first-order valence-electron chi connectivity index (χ1n) is 6.61. The minimum absolute atomic E-state index is 0.256. The predicted molar refractivity (Wildman–Crippen MR) is 74.7 cm³/mol. The van der Waals surface area contributed by atoms with Gasteiger partial charge in [-0.3, -0.25) is 0 Å². The molecule has 1 fully saturated rings. The number of nitrogens with two attached hydrogens (primary N) is 1. The van der Waals surface area contributed by atoms with E-state index < -0.39 is 0 Å². The van der Waals surface area contributed by atoms with Crippen LogP contribution in [0.3, 0.4) is 0 Å². The number of phenols is 1. The van der Waals surface area contributed by atoms with Crippen LogP contribution in [0.25, 0.3) is 5.69 Å². The first kappa shape index (κ1) is 12.0. The van der Waals surface area contributed by atoms with Gasteiger partial charge in [0, 0.05) is 25.1 Å². The van der Waals surface area contributed by atoms with Gasteiger partial charge < -0.3 is 16.2 Å². The molecule has 0 aliphatic heterocycles. The Hall–Kier alpha value is -2.01. The monoisotopic (exact) mass is 258 g/mol. The summed E-state index contributed by atoms with van der Waals surface area (Å²) >= 11 is 0. The van der Waals surface area contributed by atoms with Crippen LogP contribution in [0, 0.1) is 0 Å². The molecule has 0 saturated heterocycles. The van der Waals surface area contributed by atoms with Gasteiger partial charge in [-0.25, -0.2) is 4.68 Å². The number of hydrogen-bond donors (Lipinski definition) is 3. The maximum absolute atomic E-state index is 9.59. The van der Waals surface area contributed by atoms with Crippen molar-refractivity contribution in [2.24, 2.45) is 5.73 Å². The van der Waals surface area contributed by atoms with E-state index >= 15 is 0 Å². The molecule has 100 valence electrons. The second kappa shape index (κ2) is 4.93. The van der Waals surface area contributed by atoms with Gasteiger partial charge in [-0.15, -0.1) is 0 Å². The summed E-state index contributed by atoms with van der Waals surface area (Å²) in [5.74, 6) is 0.816. The van der Waals surface area contributed by atoms with E-state index in [9.17, 15) is 5.11 Å². The average molecular weight is 258 g/mol. The van der Waals surface area contributed by atoms with Crippen molar-refractivity contribution in [3.05, 3.63) is 36.2 Å². The van der Waals surface area contributed by atoms with E-state index in [0.29, 0.717) is 12.5 Å². The fourth-order valence-corrected chi connectivity index (χ4v) is 2.28. The molecule has 1 saturated carbocycles. The Morgan fingerprint density at radius 2 is 2.26 bits per heavy atom. The van der Waals surface area contributed by atoms with E-state index in [2.05, 4.69) is 10.4 Å². The summed E-state index contributed by atoms with van der Waals surface area (Å²) in [6.45, 7) is 1.34. The van der Waals surface area contributed by atoms with Crippen LogP contribution in [0.5, 0.6) is 5.75 Å². The molecule has 0 amide bonds. The quantitative estimate of drug-likeness (QED) is 0.764. The lowest BCUT2D eigenvalue weighted by Crippen LogP contribution is -2.14. The zero-order valence-corrected chi connectivity index (χ0v) is 10.7. The molecule has 1 aromatic heterocycles. The van der Waals surface area contributed by atoms with Gasteiger partial charge in [0.1, 0.15) is 5.75 Å². The molecule has 1 heterocycles. The van der Waals surface area contributed by atoms with Crippen molar-refractivity contribution in [2.45, 2.75) is 18.8 Å². The van der Waals surface area contributed by atoms with Crippen molar-refractivity contribution in [3.8, 4) is 11.4 Å². The molecule has 2 aromatic rings. The van der Waals surface area contributed by atoms with E-state index in [1.807, 2.05) is 23.0 Å². The summed E-state index contributed by atoms with van der Waals surface area (Å²) in [7, 11) is 0. The van der Waals surface area contributed by atoms with Crippen LogP contribution in [-0.4, -0.2) is 28.0 Å². The fraction of sp³-hybridized carbons (Fsp3) is 0.357. The number of aromatic nitrogens is 2. The summed E-state index contributed by atoms with van der Waals surface area (Å²) in [4.78, 5) is 0. The molecular formula is C14H18N4O. The SMILES string of the molecule is NCCNc1cnn(-c2cccc(O)c2)c1C1CC1. The molecule has 0 bridgehead atoms. The molecule has 1 aliphatic carbocycles. The number of nitrogens with one attached hydrogen (secondary N) is 1. The molecule has 1 aliphatic rings. The van der Waals surface area contributed by atoms with E-state index in [0.717, 1.165) is 17.9 Å². The summed E-state index contributed by atoms with van der Waals surface area (Å²) < 4.78 is 1.91. The lowest BCUT2D eigenvalue weighted by atomic mass is 10.2. The van der Waals surface area contributed by atoms with Crippen molar-refractivity contribution in [2.75, 3.05) is 18.4 Å². The maximum Gasteiger partial charge on any atom is 0.117 e. The summed E-state index contributed by atoms with van der Waals surface area (Å²) in [6.07, 6.45) is 4.23. The molecule has 4 N–H and O–H groups in total. The Balaban J connectivity index is 1.99. The van der Waals surface area contributed by atoms with Crippen molar-refractivity contribution < 1.29 is 5.11 Å². The predicted octanol–water partition coefficient (Wildman–Crippen LogP) is 1.83.